The van der Waals surface area contributed by atoms with Crippen molar-refractivity contribution in [3.63, 3.8) is 0 Å². The molecule has 1 aliphatic heterocycles. The first-order chi connectivity index (χ1) is 13.6. The summed E-state index contributed by atoms with van der Waals surface area (Å²) in [7, 11) is 0. The van der Waals surface area contributed by atoms with Gasteiger partial charge in [-0.05, 0) is 35.4 Å². The lowest BCUT2D eigenvalue weighted by atomic mass is 10.0. The van der Waals surface area contributed by atoms with Crippen LogP contribution in [0.15, 0.2) is 73.1 Å². The maximum absolute atomic E-state index is 13.5. The van der Waals surface area contributed by atoms with Crippen molar-refractivity contribution in [1.82, 2.24) is 15.0 Å². The van der Waals surface area contributed by atoms with E-state index >= 15 is 0 Å². The van der Waals surface area contributed by atoms with E-state index in [0.29, 0.717) is 11.6 Å². The summed E-state index contributed by atoms with van der Waals surface area (Å²) in [6.45, 7) is -0.655. The van der Waals surface area contributed by atoms with Crippen molar-refractivity contribution < 1.29 is 8.78 Å². The molecule has 0 N–H and O–H groups in total. The standard InChI is InChI=1S/C22H16F2N4/c23-22(24)13-28(14-22)21-18-9-8-16(15-5-2-1-3-6-15)11-19(18)26-20(27-21)17-7-4-10-25-12-17/h1-12H,13-14H2. The highest BCUT2D eigenvalue weighted by atomic mass is 19.3. The number of fused-ring (bicyclic) bond motifs is 1. The zero-order valence-electron chi connectivity index (χ0n) is 14.9. The van der Waals surface area contributed by atoms with Crippen LogP contribution >= 0.6 is 0 Å². The summed E-state index contributed by atoms with van der Waals surface area (Å²) in [6, 6.07) is 19.5. The molecule has 3 heterocycles. The average molecular weight is 374 g/mol. The van der Waals surface area contributed by atoms with E-state index in [9.17, 15) is 8.78 Å². The summed E-state index contributed by atoms with van der Waals surface area (Å²) >= 11 is 0. The monoisotopic (exact) mass is 374 g/mol. The number of alkyl halides is 2. The Morgan fingerprint density at radius 1 is 0.821 bits per heavy atom. The SMILES string of the molecule is FC1(F)CN(c2nc(-c3cccnc3)nc3cc(-c4ccccc4)ccc23)C1. The number of pyridine rings is 1. The lowest BCUT2D eigenvalue weighted by Crippen LogP contribution is -2.56. The maximum atomic E-state index is 13.5. The molecule has 0 bridgehead atoms. The van der Waals surface area contributed by atoms with Crippen LogP contribution in [0.2, 0.25) is 0 Å². The topological polar surface area (TPSA) is 41.9 Å². The number of hydrogen-bond donors (Lipinski definition) is 0. The Kier molecular flexibility index (Phi) is 3.79. The van der Waals surface area contributed by atoms with Crippen LogP contribution in [0.4, 0.5) is 14.6 Å². The number of halogens is 2. The van der Waals surface area contributed by atoms with Gasteiger partial charge in [-0.15, -0.1) is 0 Å². The lowest BCUT2D eigenvalue weighted by Gasteiger charge is -2.40. The molecule has 0 spiro atoms. The minimum absolute atomic E-state index is 0.327. The van der Waals surface area contributed by atoms with Crippen LogP contribution in [0.1, 0.15) is 0 Å². The van der Waals surface area contributed by atoms with Crippen LogP contribution in [-0.4, -0.2) is 34.0 Å². The zero-order chi connectivity index (χ0) is 19.1. The normalized spacial score (nSPS) is 15.4. The number of rotatable bonds is 3. The van der Waals surface area contributed by atoms with Crippen LogP contribution < -0.4 is 4.90 Å². The molecule has 5 rings (SSSR count). The fraction of sp³-hybridized carbons (Fsp3) is 0.136. The minimum atomic E-state index is -2.67. The highest BCUT2D eigenvalue weighted by Gasteiger charge is 2.45. The van der Waals surface area contributed by atoms with Gasteiger partial charge in [0.05, 0.1) is 18.6 Å². The molecule has 1 fully saturated rings. The number of hydrogen-bond acceptors (Lipinski definition) is 4. The quantitative estimate of drug-likeness (QED) is 0.516. The molecule has 1 saturated heterocycles. The average Bonchev–Trinajstić information content (AvgIpc) is 2.72. The van der Waals surface area contributed by atoms with Crippen molar-refractivity contribution >= 4 is 16.7 Å². The van der Waals surface area contributed by atoms with Gasteiger partial charge in [0.2, 0.25) is 0 Å². The molecule has 0 amide bonds. The van der Waals surface area contributed by atoms with Crippen molar-refractivity contribution in [2.45, 2.75) is 5.92 Å². The van der Waals surface area contributed by atoms with Crippen LogP contribution in [0.25, 0.3) is 33.4 Å². The van der Waals surface area contributed by atoms with Gasteiger partial charge in [-0.2, -0.15) is 0 Å². The molecule has 0 radical (unpaired) electrons. The molecule has 2 aromatic heterocycles. The minimum Gasteiger partial charge on any atom is -0.344 e. The summed E-state index contributed by atoms with van der Waals surface area (Å²) in [4.78, 5) is 15.0. The van der Waals surface area contributed by atoms with Crippen molar-refractivity contribution in [3.8, 4) is 22.5 Å². The van der Waals surface area contributed by atoms with Crippen molar-refractivity contribution in [2.75, 3.05) is 18.0 Å². The summed E-state index contributed by atoms with van der Waals surface area (Å²) < 4.78 is 27.0. The largest absolute Gasteiger partial charge is 0.344 e. The fourth-order valence-electron chi connectivity index (χ4n) is 3.45. The van der Waals surface area contributed by atoms with Crippen molar-refractivity contribution in [2.24, 2.45) is 0 Å². The number of anilines is 1. The highest BCUT2D eigenvalue weighted by molar-refractivity contribution is 5.94. The second-order valence-electron chi connectivity index (χ2n) is 6.92. The second kappa shape index (κ2) is 6.34. The molecular formula is C22H16F2N4. The molecule has 4 aromatic rings. The van der Waals surface area contributed by atoms with Gasteiger partial charge in [-0.25, -0.2) is 18.7 Å². The van der Waals surface area contributed by atoms with Crippen molar-refractivity contribution in [1.29, 1.82) is 0 Å². The van der Waals surface area contributed by atoms with E-state index in [1.807, 2.05) is 54.6 Å². The van der Waals surface area contributed by atoms with E-state index in [1.54, 1.807) is 23.4 Å². The molecule has 0 aliphatic carbocycles. The molecule has 0 unspecified atom stereocenters. The van der Waals surface area contributed by atoms with Gasteiger partial charge in [0.25, 0.3) is 5.92 Å². The van der Waals surface area contributed by atoms with E-state index in [-0.39, 0.29) is 13.1 Å². The predicted molar refractivity (Wildman–Crippen MR) is 105 cm³/mol. The summed E-state index contributed by atoms with van der Waals surface area (Å²) in [5.41, 5.74) is 3.57. The highest BCUT2D eigenvalue weighted by Crippen LogP contribution is 2.36. The Morgan fingerprint density at radius 2 is 1.61 bits per heavy atom. The Balaban J connectivity index is 1.68. The van der Waals surface area contributed by atoms with Gasteiger partial charge in [-0.3, -0.25) is 4.98 Å². The van der Waals surface area contributed by atoms with Crippen molar-refractivity contribution in [3.05, 3.63) is 73.1 Å². The third-order valence-electron chi connectivity index (χ3n) is 4.85. The van der Waals surface area contributed by atoms with Gasteiger partial charge >= 0.3 is 0 Å². The summed E-state index contributed by atoms with van der Waals surface area (Å²) in [5, 5.41) is 0.767. The van der Waals surface area contributed by atoms with Gasteiger partial charge in [0.15, 0.2) is 5.82 Å². The van der Waals surface area contributed by atoms with E-state index in [4.69, 9.17) is 4.98 Å². The van der Waals surface area contributed by atoms with Gasteiger partial charge < -0.3 is 4.90 Å². The van der Waals surface area contributed by atoms with Crippen LogP contribution in [-0.2, 0) is 0 Å². The van der Waals surface area contributed by atoms with Crippen LogP contribution in [0, 0.1) is 0 Å². The summed E-state index contributed by atoms with van der Waals surface area (Å²) in [6.07, 6.45) is 3.35. The first-order valence-corrected chi connectivity index (χ1v) is 8.99. The van der Waals surface area contributed by atoms with E-state index in [1.165, 1.54) is 0 Å². The number of benzene rings is 2. The van der Waals surface area contributed by atoms with Gasteiger partial charge in [0, 0.05) is 23.3 Å². The number of aromatic nitrogens is 3. The zero-order valence-corrected chi connectivity index (χ0v) is 14.9. The lowest BCUT2D eigenvalue weighted by molar-refractivity contribution is -0.0265. The van der Waals surface area contributed by atoms with E-state index in [2.05, 4.69) is 9.97 Å². The van der Waals surface area contributed by atoms with Crippen LogP contribution in [0.3, 0.4) is 0 Å². The Bertz CT molecular complexity index is 1130. The molecule has 0 saturated carbocycles. The van der Waals surface area contributed by atoms with Gasteiger partial charge in [0.1, 0.15) is 5.82 Å². The fourth-order valence-corrected chi connectivity index (χ4v) is 3.45. The van der Waals surface area contributed by atoms with Crippen LogP contribution in [0.5, 0.6) is 0 Å². The third-order valence-corrected chi connectivity index (χ3v) is 4.85. The second-order valence-corrected chi connectivity index (χ2v) is 6.92. The van der Waals surface area contributed by atoms with E-state index < -0.39 is 5.92 Å². The Hall–Kier alpha value is -3.41. The molecule has 2 aromatic carbocycles. The molecular weight excluding hydrogens is 358 g/mol. The van der Waals surface area contributed by atoms with E-state index in [0.717, 1.165) is 27.6 Å². The summed E-state index contributed by atoms with van der Waals surface area (Å²) in [5.74, 6) is -1.65. The first kappa shape index (κ1) is 16.7. The Labute approximate surface area is 160 Å². The molecule has 1 aliphatic rings. The van der Waals surface area contributed by atoms with Gasteiger partial charge in [-0.1, -0.05) is 36.4 Å². The molecule has 4 nitrogen and oxygen atoms in total. The number of nitrogens with zero attached hydrogens (tertiary/aromatic N) is 4. The molecule has 138 valence electrons. The predicted octanol–water partition coefficient (Wildman–Crippen LogP) is 4.81. The third kappa shape index (κ3) is 2.97. The molecule has 0 atom stereocenters. The smallest absolute Gasteiger partial charge is 0.282 e. The molecule has 28 heavy (non-hydrogen) atoms. The Morgan fingerprint density at radius 3 is 2.32 bits per heavy atom. The maximum Gasteiger partial charge on any atom is 0.282 e. The molecule has 6 heteroatoms. The first-order valence-electron chi connectivity index (χ1n) is 8.99.